The molecule has 4 aromatic rings. The maximum atomic E-state index is 9.77. The molecule has 0 spiro atoms. The summed E-state index contributed by atoms with van der Waals surface area (Å²) in [6.07, 6.45) is 2.73. The average Bonchev–Trinajstić information content (AvgIpc) is 3.48. The van der Waals surface area contributed by atoms with Gasteiger partial charge in [0.15, 0.2) is 0 Å². The standard InChI is InChI=1S/C29H32N2O3S/c1-20(2)34-25-13-14-26-27(19-25)35-29(21-5-9-23(32)10-6-21)28(26)30-22-7-11-24(12-8-22)33-18-17-31-15-3-4-16-31/h5-14,19-20,30,32H,3-4,15-18H2,1-2H3. The molecule has 5 nitrogen and oxygen atoms in total. The smallest absolute Gasteiger partial charge is 0.121 e. The molecule has 0 atom stereocenters. The molecule has 35 heavy (non-hydrogen) atoms. The SMILES string of the molecule is CC(C)Oc1ccc2c(Nc3ccc(OCCN4CCCC4)cc3)c(-c3ccc(O)cc3)sc2c1. The molecule has 1 aliphatic heterocycles. The molecule has 2 heterocycles. The molecule has 0 amide bonds. The van der Waals surface area contributed by atoms with Gasteiger partial charge < -0.3 is 19.9 Å². The van der Waals surface area contributed by atoms with Gasteiger partial charge in [0.2, 0.25) is 0 Å². The van der Waals surface area contributed by atoms with Crippen molar-refractivity contribution in [3.8, 4) is 27.7 Å². The van der Waals surface area contributed by atoms with Crippen molar-refractivity contribution in [1.29, 1.82) is 0 Å². The van der Waals surface area contributed by atoms with Crippen LogP contribution in [-0.4, -0.2) is 42.4 Å². The summed E-state index contributed by atoms with van der Waals surface area (Å²) in [6, 6.07) is 21.8. The Kier molecular flexibility index (Phi) is 7.11. The zero-order valence-electron chi connectivity index (χ0n) is 20.3. The van der Waals surface area contributed by atoms with E-state index in [-0.39, 0.29) is 11.9 Å². The summed E-state index contributed by atoms with van der Waals surface area (Å²) in [5.41, 5.74) is 3.10. The van der Waals surface area contributed by atoms with Crippen molar-refractivity contribution < 1.29 is 14.6 Å². The van der Waals surface area contributed by atoms with Gasteiger partial charge in [0.1, 0.15) is 23.9 Å². The zero-order chi connectivity index (χ0) is 24.2. The van der Waals surface area contributed by atoms with Crippen molar-refractivity contribution in [2.45, 2.75) is 32.8 Å². The minimum atomic E-state index is 0.123. The molecule has 3 aromatic carbocycles. The Labute approximate surface area is 210 Å². The van der Waals surface area contributed by atoms with Gasteiger partial charge in [0.25, 0.3) is 0 Å². The van der Waals surface area contributed by atoms with Crippen molar-refractivity contribution in [3.63, 3.8) is 0 Å². The van der Waals surface area contributed by atoms with E-state index in [1.54, 1.807) is 23.5 Å². The number of nitrogens with zero attached hydrogens (tertiary/aromatic N) is 1. The second-order valence-electron chi connectivity index (χ2n) is 9.22. The second kappa shape index (κ2) is 10.6. The number of aromatic hydroxyl groups is 1. The van der Waals surface area contributed by atoms with E-state index in [9.17, 15) is 5.11 Å². The first-order valence-electron chi connectivity index (χ1n) is 12.3. The third-order valence-corrected chi connectivity index (χ3v) is 7.36. The maximum absolute atomic E-state index is 9.77. The number of anilines is 2. The Morgan fingerprint density at radius 1 is 0.943 bits per heavy atom. The first-order valence-corrected chi connectivity index (χ1v) is 13.1. The number of fused-ring (bicyclic) bond motifs is 1. The number of hydrogen-bond acceptors (Lipinski definition) is 6. The number of benzene rings is 3. The molecule has 2 N–H and O–H groups in total. The summed E-state index contributed by atoms with van der Waals surface area (Å²) < 4.78 is 13.0. The van der Waals surface area contributed by atoms with Crippen molar-refractivity contribution in [2.24, 2.45) is 0 Å². The van der Waals surface area contributed by atoms with E-state index in [0.29, 0.717) is 6.61 Å². The van der Waals surface area contributed by atoms with E-state index in [0.717, 1.165) is 49.9 Å². The Balaban J connectivity index is 1.38. The molecule has 0 saturated carbocycles. The summed E-state index contributed by atoms with van der Waals surface area (Å²) in [5.74, 6) is 2.02. The number of phenols is 1. The third kappa shape index (κ3) is 5.72. The maximum Gasteiger partial charge on any atom is 0.121 e. The number of phenolic OH excluding ortho intramolecular Hbond substituents is 1. The second-order valence-corrected chi connectivity index (χ2v) is 10.3. The Bertz CT molecular complexity index is 1260. The molecule has 182 valence electrons. The van der Waals surface area contributed by atoms with Gasteiger partial charge in [-0.05, 0) is 112 Å². The molecule has 5 rings (SSSR count). The van der Waals surface area contributed by atoms with Crippen LogP contribution in [0.3, 0.4) is 0 Å². The van der Waals surface area contributed by atoms with Crippen molar-refractivity contribution in [1.82, 2.24) is 4.90 Å². The van der Waals surface area contributed by atoms with Gasteiger partial charge in [-0.25, -0.2) is 0 Å². The molecule has 1 saturated heterocycles. The van der Waals surface area contributed by atoms with E-state index in [1.807, 2.05) is 44.2 Å². The van der Waals surface area contributed by atoms with Crippen LogP contribution in [0, 0.1) is 0 Å². The fourth-order valence-corrected chi connectivity index (χ4v) is 5.63. The highest BCUT2D eigenvalue weighted by atomic mass is 32.1. The fourth-order valence-electron chi connectivity index (χ4n) is 4.44. The van der Waals surface area contributed by atoms with E-state index in [1.165, 1.54) is 25.9 Å². The van der Waals surface area contributed by atoms with Crippen molar-refractivity contribution >= 4 is 32.8 Å². The van der Waals surface area contributed by atoms with Crippen LogP contribution in [0.4, 0.5) is 11.4 Å². The predicted molar refractivity (Wildman–Crippen MR) is 146 cm³/mol. The van der Waals surface area contributed by atoms with Crippen LogP contribution in [-0.2, 0) is 0 Å². The number of rotatable bonds is 9. The van der Waals surface area contributed by atoms with Gasteiger partial charge in [-0.3, -0.25) is 4.90 Å². The highest BCUT2D eigenvalue weighted by Crippen LogP contribution is 2.45. The molecule has 1 fully saturated rings. The summed E-state index contributed by atoms with van der Waals surface area (Å²) >= 11 is 1.72. The largest absolute Gasteiger partial charge is 0.508 e. The van der Waals surface area contributed by atoms with Crippen LogP contribution in [0.25, 0.3) is 20.5 Å². The lowest BCUT2D eigenvalue weighted by Gasteiger charge is -2.15. The lowest BCUT2D eigenvalue weighted by Crippen LogP contribution is -2.25. The number of hydrogen-bond donors (Lipinski definition) is 2. The van der Waals surface area contributed by atoms with Crippen LogP contribution in [0.2, 0.25) is 0 Å². The van der Waals surface area contributed by atoms with Gasteiger partial charge in [0.05, 0.1) is 16.7 Å². The highest BCUT2D eigenvalue weighted by Gasteiger charge is 2.16. The third-order valence-electron chi connectivity index (χ3n) is 6.16. The van der Waals surface area contributed by atoms with E-state index in [4.69, 9.17) is 9.47 Å². The van der Waals surface area contributed by atoms with Crippen LogP contribution < -0.4 is 14.8 Å². The lowest BCUT2D eigenvalue weighted by atomic mass is 10.1. The topological polar surface area (TPSA) is 54.0 Å². The summed E-state index contributed by atoms with van der Waals surface area (Å²) in [6.45, 7) is 8.15. The normalized spacial score (nSPS) is 14.0. The zero-order valence-corrected chi connectivity index (χ0v) is 21.1. The van der Waals surface area contributed by atoms with Gasteiger partial charge in [0, 0.05) is 22.3 Å². The van der Waals surface area contributed by atoms with Gasteiger partial charge in [-0.1, -0.05) is 0 Å². The van der Waals surface area contributed by atoms with Gasteiger partial charge in [-0.15, -0.1) is 11.3 Å². The molecule has 0 radical (unpaired) electrons. The fraction of sp³-hybridized carbons (Fsp3) is 0.310. The Hall–Kier alpha value is -3.22. The minimum absolute atomic E-state index is 0.123. The molecule has 1 aliphatic rings. The molecular formula is C29H32N2O3S. The highest BCUT2D eigenvalue weighted by molar-refractivity contribution is 7.23. The minimum Gasteiger partial charge on any atom is -0.508 e. The number of likely N-dealkylation sites (tertiary alicyclic amines) is 1. The van der Waals surface area contributed by atoms with Gasteiger partial charge in [-0.2, -0.15) is 0 Å². The van der Waals surface area contributed by atoms with Crippen LogP contribution in [0.5, 0.6) is 17.2 Å². The summed E-state index contributed by atoms with van der Waals surface area (Å²) in [7, 11) is 0. The van der Waals surface area contributed by atoms with Crippen molar-refractivity contribution in [2.75, 3.05) is 31.6 Å². The summed E-state index contributed by atoms with van der Waals surface area (Å²) in [4.78, 5) is 3.58. The Morgan fingerprint density at radius 2 is 1.66 bits per heavy atom. The van der Waals surface area contributed by atoms with Gasteiger partial charge >= 0.3 is 0 Å². The first-order chi connectivity index (χ1) is 17.0. The Morgan fingerprint density at radius 3 is 2.37 bits per heavy atom. The van der Waals surface area contributed by atoms with Crippen LogP contribution in [0.1, 0.15) is 26.7 Å². The van der Waals surface area contributed by atoms with E-state index < -0.39 is 0 Å². The van der Waals surface area contributed by atoms with E-state index >= 15 is 0 Å². The molecule has 0 bridgehead atoms. The predicted octanol–water partition coefficient (Wildman–Crippen LogP) is 7.28. The lowest BCUT2D eigenvalue weighted by molar-refractivity contribution is 0.238. The van der Waals surface area contributed by atoms with E-state index in [2.05, 4.69) is 34.5 Å². The van der Waals surface area contributed by atoms with Crippen LogP contribution >= 0.6 is 11.3 Å². The monoisotopic (exact) mass is 488 g/mol. The molecule has 0 unspecified atom stereocenters. The number of thiophene rings is 1. The molecule has 6 heteroatoms. The number of nitrogens with one attached hydrogen (secondary N) is 1. The van der Waals surface area contributed by atoms with Crippen LogP contribution in [0.15, 0.2) is 66.7 Å². The first kappa shape index (κ1) is 23.5. The summed E-state index contributed by atoms with van der Waals surface area (Å²) in [5, 5.41) is 14.6. The molecule has 1 aromatic heterocycles. The molecular weight excluding hydrogens is 456 g/mol. The average molecular weight is 489 g/mol. The molecule has 0 aliphatic carbocycles. The number of ether oxygens (including phenoxy) is 2. The van der Waals surface area contributed by atoms with Crippen molar-refractivity contribution in [3.05, 3.63) is 66.7 Å². The quantitative estimate of drug-likeness (QED) is 0.259.